The van der Waals surface area contributed by atoms with Gasteiger partial charge in [0.05, 0.1) is 0 Å². The van der Waals surface area contributed by atoms with Crippen molar-refractivity contribution >= 4 is 23.3 Å². The number of hydrogen-bond donors (Lipinski definition) is 2. The molecule has 0 radical (unpaired) electrons. The third-order valence-corrected chi connectivity index (χ3v) is 6.14. The Morgan fingerprint density at radius 2 is 1.77 bits per heavy atom. The second-order valence-electron chi connectivity index (χ2n) is 8.37. The maximum Gasteiger partial charge on any atom is 1.00 e. The predicted octanol–water partition coefficient (Wildman–Crippen LogP) is -0.0790. The van der Waals surface area contributed by atoms with E-state index in [0.29, 0.717) is 0 Å². The number of amides is 2. The van der Waals surface area contributed by atoms with Crippen molar-refractivity contribution in [3.8, 4) is 11.8 Å². The molecule has 4 rings (SSSR count). The molecule has 1 atom stereocenters. The molecule has 0 saturated heterocycles. The molecule has 2 aromatic rings. The number of nitrogens with one attached hydrogen (secondary N) is 1. The number of carbonyl (C=O) groups is 2. The van der Waals surface area contributed by atoms with Gasteiger partial charge >= 0.3 is 51.4 Å². The standard InChI is InChI=1S/C26H24FN3O4.K/c27-17-10-12-19(13-11-17)30-23(25(33)29-18-6-2-1-3-7-18)21(14-16(15-28)26(30)34)24(32)20-8-4-5-9-22(20)31;/h4-5,8-14,18,23,31-32H,1-3,6-7H2,(H,29,33);/q;+1/p-1/b24-21-;. The molecule has 1 fully saturated rings. The first-order valence-electron chi connectivity index (χ1n) is 11.1. The third-order valence-electron chi connectivity index (χ3n) is 6.14. The topological polar surface area (TPSA) is 116 Å². The predicted molar refractivity (Wildman–Crippen MR) is 121 cm³/mol. The quantitative estimate of drug-likeness (QED) is 0.451. The second-order valence-corrected chi connectivity index (χ2v) is 8.37. The third kappa shape index (κ3) is 5.85. The Kier molecular flexibility index (Phi) is 9.27. The first-order chi connectivity index (χ1) is 16.4. The van der Waals surface area contributed by atoms with Crippen molar-refractivity contribution < 1.29 is 75.6 Å². The molecule has 2 aromatic carbocycles. The molecule has 7 nitrogen and oxygen atoms in total. The fraction of sp³-hybridized carbons (Fsp3) is 0.269. The number of anilines is 1. The van der Waals surface area contributed by atoms with Crippen LogP contribution >= 0.6 is 0 Å². The van der Waals surface area contributed by atoms with E-state index in [9.17, 15) is 29.5 Å². The van der Waals surface area contributed by atoms with E-state index in [-0.39, 0.29) is 85.6 Å². The van der Waals surface area contributed by atoms with Crippen LogP contribution in [-0.2, 0) is 9.59 Å². The van der Waals surface area contributed by atoms with Crippen LogP contribution in [-0.4, -0.2) is 29.0 Å². The molecule has 1 heterocycles. The van der Waals surface area contributed by atoms with Crippen molar-refractivity contribution in [2.45, 2.75) is 44.2 Å². The molecule has 1 unspecified atom stereocenters. The van der Waals surface area contributed by atoms with E-state index in [0.717, 1.165) is 55.2 Å². The van der Waals surface area contributed by atoms with Gasteiger partial charge < -0.3 is 15.5 Å². The number of para-hydroxylation sites is 1. The van der Waals surface area contributed by atoms with Gasteiger partial charge in [0, 0.05) is 17.3 Å². The fourth-order valence-electron chi connectivity index (χ4n) is 4.43. The molecule has 0 spiro atoms. The van der Waals surface area contributed by atoms with Gasteiger partial charge in [0.15, 0.2) is 0 Å². The minimum absolute atomic E-state index is 0. The summed E-state index contributed by atoms with van der Waals surface area (Å²) in [5, 5.41) is 36.3. The molecule has 1 aliphatic heterocycles. The Morgan fingerprint density at radius 3 is 2.40 bits per heavy atom. The molecule has 9 heteroatoms. The molecule has 1 saturated carbocycles. The van der Waals surface area contributed by atoms with Crippen LogP contribution in [0.2, 0.25) is 0 Å². The van der Waals surface area contributed by atoms with Crippen molar-refractivity contribution in [1.29, 1.82) is 5.26 Å². The molecule has 2 amide bonds. The van der Waals surface area contributed by atoms with Crippen molar-refractivity contribution in [2.24, 2.45) is 0 Å². The summed E-state index contributed by atoms with van der Waals surface area (Å²) in [5.41, 5.74) is -0.367. The van der Waals surface area contributed by atoms with E-state index in [1.54, 1.807) is 18.2 Å². The summed E-state index contributed by atoms with van der Waals surface area (Å²) in [5.74, 6) is -2.86. The van der Waals surface area contributed by atoms with E-state index in [2.05, 4.69) is 5.32 Å². The van der Waals surface area contributed by atoms with Gasteiger partial charge in [-0.15, -0.1) is 0 Å². The Morgan fingerprint density at radius 1 is 1.11 bits per heavy atom. The second kappa shape index (κ2) is 12.0. The van der Waals surface area contributed by atoms with E-state index < -0.39 is 29.4 Å². The Bertz CT molecular complexity index is 1210. The van der Waals surface area contributed by atoms with Crippen LogP contribution in [0.25, 0.3) is 5.76 Å². The number of rotatable bonds is 4. The van der Waals surface area contributed by atoms with Gasteiger partial charge in [0.25, 0.3) is 5.91 Å². The molecule has 1 aliphatic carbocycles. The van der Waals surface area contributed by atoms with Gasteiger partial charge in [-0.3, -0.25) is 14.5 Å². The SMILES string of the molecule is N#CC1=C/C(=C(/[O-])c2ccccc2O)C(C(=O)NC2CCCCC2)N(c2ccc(F)cc2)C1=O.[K+]. The summed E-state index contributed by atoms with van der Waals surface area (Å²) in [4.78, 5) is 27.8. The van der Waals surface area contributed by atoms with Crippen molar-refractivity contribution in [1.82, 2.24) is 5.32 Å². The molecule has 0 bridgehead atoms. The molecule has 2 N–H and O–H groups in total. The zero-order valence-corrected chi connectivity index (χ0v) is 22.5. The minimum atomic E-state index is -1.40. The van der Waals surface area contributed by atoms with E-state index in [1.807, 2.05) is 0 Å². The van der Waals surface area contributed by atoms with Crippen LogP contribution < -0.4 is 66.7 Å². The number of nitriles is 1. The number of nitrogens with zero attached hydrogens (tertiary/aromatic N) is 2. The van der Waals surface area contributed by atoms with Crippen LogP contribution in [0, 0.1) is 17.1 Å². The smallest absolute Gasteiger partial charge is 0.872 e. The molecule has 35 heavy (non-hydrogen) atoms. The first-order valence-corrected chi connectivity index (χ1v) is 11.1. The maximum absolute atomic E-state index is 13.6. The summed E-state index contributed by atoms with van der Waals surface area (Å²) in [7, 11) is 0. The average Bonchev–Trinajstić information content (AvgIpc) is 2.85. The van der Waals surface area contributed by atoms with Gasteiger partial charge in [0.1, 0.15) is 29.3 Å². The van der Waals surface area contributed by atoms with Gasteiger partial charge in [0.2, 0.25) is 5.91 Å². The number of aromatic hydroxyl groups is 1. The monoisotopic (exact) mass is 499 g/mol. The van der Waals surface area contributed by atoms with Gasteiger partial charge in [-0.05, 0) is 54.8 Å². The van der Waals surface area contributed by atoms with E-state index in [1.165, 1.54) is 24.3 Å². The molecule has 2 aliphatic rings. The van der Waals surface area contributed by atoms with Crippen LogP contribution in [0.4, 0.5) is 10.1 Å². The number of halogens is 1. The summed E-state index contributed by atoms with van der Waals surface area (Å²) >= 11 is 0. The fourth-order valence-corrected chi connectivity index (χ4v) is 4.43. The van der Waals surface area contributed by atoms with Crippen LogP contribution in [0.1, 0.15) is 37.7 Å². The normalized spacial score (nSPS) is 19.8. The largest absolute Gasteiger partial charge is 1.00 e. The van der Waals surface area contributed by atoms with Crippen molar-refractivity contribution in [2.75, 3.05) is 4.90 Å². The van der Waals surface area contributed by atoms with Gasteiger partial charge in [-0.1, -0.05) is 43.2 Å². The maximum atomic E-state index is 13.6. The average molecular weight is 500 g/mol. The van der Waals surface area contributed by atoms with Crippen LogP contribution in [0.3, 0.4) is 0 Å². The zero-order valence-electron chi connectivity index (χ0n) is 19.3. The first kappa shape index (κ1) is 27.1. The number of benzene rings is 2. The molecular formula is C26H23FKN3O4. The number of hydrogen-bond acceptors (Lipinski definition) is 5. The minimum Gasteiger partial charge on any atom is -0.872 e. The Labute approximate surface area is 245 Å². The summed E-state index contributed by atoms with van der Waals surface area (Å²) < 4.78 is 13.6. The summed E-state index contributed by atoms with van der Waals surface area (Å²) in [6.07, 6.45) is 5.68. The number of phenols is 1. The molecular weight excluding hydrogens is 476 g/mol. The summed E-state index contributed by atoms with van der Waals surface area (Å²) in [6.45, 7) is 0. The number of carbonyl (C=O) groups excluding carboxylic acids is 2. The molecule has 0 aromatic heterocycles. The van der Waals surface area contributed by atoms with Crippen LogP contribution in [0.15, 0.2) is 65.8 Å². The van der Waals surface area contributed by atoms with E-state index in [4.69, 9.17) is 0 Å². The molecule has 174 valence electrons. The van der Waals surface area contributed by atoms with Gasteiger partial charge in [-0.2, -0.15) is 5.26 Å². The number of phenolic OH excluding ortho intramolecular Hbond substituents is 1. The van der Waals surface area contributed by atoms with Crippen LogP contribution in [0.5, 0.6) is 5.75 Å². The van der Waals surface area contributed by atoms with Crippen molar-refractivity contribution in [3.05, 3.63) is 77.1 Å². The van der Waals surface area contributed by atoms with E-state index >= 15 is 0 Å². The Hall–Kier alpha value is -2.48. The van der Waals surface area contributed by atoms with Gasteiger partial charge in [-0.25, -0.2) is 4.39 Å². The zero-order chi connectivity index (χ0) is 24.2. The Balaban J connectivity index is 0.00000342. The van der Waals surface area contributed by atoms with Crippen molar-refractivity contribution in [3.63, 3.8) is 0 Å². The summed E-state index contributed by atoms with van der Waals surface area (Å²) in [6, 6.07) is 11.0.